The van der Waals surface area contributed by atoms with Gasteiger partial charge in [-0.1, -0.05) is 12.1 Å². The Hall–Kier alpha value is -1.81. The minimum atomic E-state index is 0.0651. The summed E-state index contributed by atoms with van der Waals surface area (Å²) in [4.78, 5) is 15.1. The standard InChI is InChI=1S/C24H29NO3/c1-13(26)15-5-4-6-16-17(15)12-18-19-11-14-7-8-20(27-3)22-21(14)24(18,23(16)28-22)9-10-25(19)2/h6-8,15,17-19,23H,4-5,9-12H2,1-3H3/t15-,17+,18+,19-,23+,24+/m1/s1. The van der Waals surface area contributed by atoms with Gasteiger partial charge in [0.2, 0.25) is 0 Å². The van der Waals surface area contributed by atoms with Crippen LogP contribution in [0.25, 0.3) is 0 Å². The van der Waals surface area contributed by atoms with Crippen molar-refractivity contribution in [3.05, 3.63) is 34.9 Å². The lowest BCUT2D eigenvalue weighted by Gasteiger charge is -2.60. The van der Waals surface area contributed by atoms with Crippen molar-refractivity contribution in [2.24, 2.45) is 17.8 Å². The molecule has 2 fully saturated rings. The number of likely N-dealkylation sites (N-methyl/N-ethyl adjacent to an activating group) is 1. The number of allylic oxidation sites excluding steroid dienone is 1. The molecule has 148 valence electrons. The largest absolute Gasteiger partial charge is 0.493 e. The molecule has 4 heteroatoms. The number of likely N-dealkylation sites (tertiary alicyclic amines) is 1. The van der Waals surface area contributed by atoms with Crippen molar-refractivity contribution in [3.63, 3.8) is 0 Å². The number of nitrogens with zero attached hydrogens (tertiary/aromatic N) is 1. The van der Waals surface area contributed by atoms with Gasteiger partial charge in [0, 0.05) is 22.9 Å². The van der Waals surface area contributed by atoms with Gasteiger partial charge in [0.05, 0.1) is 7.11 Å². The molecule has 1 aromatic carbocycles. The van der Waals surface area contributed by atoms with Gasteiger partial charge in [-0.05, 0) is 81.7 Å². The van der Waals surface area contributed by atoms with Crippen LogP contribution in [0, 0.1) is 17.8 Å². The van der Waals surface area contributed by atoms with Crippen molar-refractivity contribution in [1.82, 2.24) is 4.90 Å². The molecule has 28 heavy (non-hydrogen) atoms. The van der Waals surface area contributed by atoms with Crippen molar-refractivity contribution in [1.29, 1.82) is 0 Å². The number of carbonyl (C=O) groups excluding carboxylic acids is 1. The molecule has 3 aliphatic carbocycles. The molecule has 1 saturated heterocycles. The Balaban J connectivity index is 1.59. The van der Waals surface area contributed by atoms with Crippen LogP contribution < -0.4 is 9.47 Å². The number of rotatable bonds is 2. The van der Waals surface area contributed by atoms with Gasteiger partial charge >= 0.3 is 0 Å². The van der Waals surface area contributed by atoms with Gasteiger partial charge in [0.15, 0.2) is 11.5 Å². The number of methoxy groups -OCH3 is 1. The van der Waals surface area contributed by atoms with Crippen LogP contribution in [0.3, 0.4) is 0 Å². The van der Waals surface area contributed by atoms with E-state index in [-0.39, 0.29) is 17.4 Å². The van der Waals surface area contributed by atoms with Gasteiger partial charge in [-0.15, -0.1) is 0 Å². The maximum Gasteiger partial charge on any atom is 0.166 e. The molecule has 4 nitrogen and oxygen atoms in total. The van der Waals surface area contributed by atoms with Gasteiger partial charge in [-0.3, -0.25) is 4.79 Å². The highest BCUT2D eigenvalue weighted by atomic mass is 16.5. The number of Topliss-reactive ketones (excluding diaryl/α,β-unsaturated/α-hetero) is 1. The zero-order chi connectivity index (χ0) is 19.2. The number of ketones is 1. The first-order valence-electron chi connectivity index (χ1n) is 10.8. The van der Waals surface area contributed by atoms with Crippen LogP contribution in [0.2, 0.25) is 0 Å². The molecule has 0 unspecified atom stereocenters. The molecule has 0 aromatic heterocycles. The van der Waals surface area contributed by atoms with E-state index >= 15 is 0 Å². The van der Waals surface area contributed by atoms with E-state index in [0.29, 0.717) is 23.7 Å². The summed E-state index contributed by atoms with van der Waals surface area (Å²) in [6, 6.07) is 4.90. The van der Waals surface area contributed by atoms with Crippen LogP contribution in [0.5, 0.6) is 11.5 Å². The Morgan fingerprint density at radius 3 is 3.00 bits per heavy atom. The molecule has 5 aliphatic rings. The number of ether oxygens (including phenoxy) is 2. The predicted molar refractivity (Wildman–Crippen MR) is 107 cm³/mol. The third kappa shape index (κ3) is 1.88. The van der Waals surface area contributed by atoms with E-state index in [9.17, 15) is 4.79 Å². The lowest BCUT2D eigenvalue weighted by Crippen LogP contribution is -2.65. The normalized spacial score (nSPS) is 40.1. The van der Waals surface area contributed by atoms with Gasteiger partial charge in [-0.25, -0.2) is 0 Å². The summed E-state index contributed by atoms with van der Waals surface area (Å²) < 4.78 is 12.5. The fourth-order valence-corrected chi connectivity index (χ4v) is 7.55. The number of benzene rings is 1. The highest BCUT2D eigenvalue weighted by Gasteiger charge is 2.66. The average molecular weight is 380 g/mol. The summed E-state index contributed by atoms with van der Waals surface area (Å²) in [5.74, 6) is 3.29. The summed E-state index contributed by atoms with van der Waals surface area (Å²) in [5, 5.41) is 0. The Morgan fingerprint density at radius 1 is 1.36 bits per heavy atom. The van der Waals surface area contributed by atoms with Crippen LogP contribution >= 0.6 is 0 Å². The van der Waals surface area contributed by atoms with Crippen LogP contribution in [-0.4, -0.2) is 43.5 Å². The number of carbonyl (C=O) groups is 1. The van der Waals surface area contributed by atoms with Crippen molar-refractivity contribution >= 4 is 5.78 Å². The SMILES string of the molecule is COc1ccc2c3c1O[C@H]1C4=CCC[C@H](C(C)=O)[C@@H]4C[C@H]4[C@@H](C2)N(C)CC[C@]314. The number of piperidine rings is 1. The molecule has 2 aliphatic heterocycles. The smallest absolute Gasteiger partial charge is 0.166 e. The molecule has 6 atom stereocenters. The Labute approximate surface area is 166 Å². The Morgan fingerprint density at radius 2 is 2.21 bits per heavy atom. The van der Waals surface area contributed by atoms with Crippen molar-refractivity contribution in [2.45, 2.75) is 56.6 Å². The van der Waals surface area contributed by atoms with E-state index in [1.165, 1.54) is 16.7 Å². The van der Waals surface area contributed by atoms with Gasteiger partial charge in [0.25, 0.3) is 0 Å². The van der Waals surface area contributed by atoms with E-state index in [2.05, 4.69) is 30.2 Å². The highest BCUT2D eigenvalue weighted by molar-refractivity contribution is 5.79. The third-order valence-electron chi connectivity index (χ3n) is 8.70. The number of hydrogen-bond donors (Lipinski definition) is 0. The van der Waals surface area contributed by atoms with E-state index in [1.807, 2.05) is 0 Å². The second-order valence-electron chi connectivity index (χ2n) is 9.62. The molecule has 1 saturated carbocycles. The lowest BCUT2D eigenvalue weighted by atomic mass is 9.47. The van der Waals surface area contributed by atoms with E-state index in [4.69, 9.17) is 9.47 Å². The van der Waals surface area contributed by atoms with E-state index in [0.717, 1.165) is 50.1 Å². The summed E-state index contributed by atoms with van der Waals surface area (Å²) in [5.41, 5.74) is 4.37. The monoisotopic (exact) mass is 379 g/mol. The van der Waals surface area contributed by atoms with Crippen molar-refractivity contribution in [3.8, 4) is 11.5 Å². The average Bonchev–Trinajstić information content (AvgIpc) is 3.04. The lowest BCUT2D eigenvalue weighted by molar-refractivity contribution is -0.124. The molecule has 2 bridgehead atoms. The zero-order valence-electron chi connectivity index (χ0n) is 17.0. The molecule has 0 N–H and O–H groups in total. The fraction of sp³-hybridized carbons (Fsp3) is 0.625. The molecule has 6 rings (SSSR count). The summed E-state index contributed by atoms with van der Waals surface area (Å²) in [6.07, 6.45) is 7.85. The minimum absolute atomic E-state index is 0.0651. The Kier molecular flexibility index (Phi) is 3.43. The maximum atomic E-state index is 12.5. The van der Waals surface area contributed by atoms with Crippen LogP contribution in [0.4, 0.5) is 0 Å². The van der Waals surface area contributed by atoms with Gasteiger partial charge in [-0.2, -0.15) is 0 Å². The predicted octanol–water partition coefficient (Wildman–Crippen LogP) is 3.52. The quantitative estimate of drug-likeness (QED) is 0.737. The summed E-state index contributed by atoms with van der Waals surface area (Å²) in [6.45, 7) is 2.91. The summed E-state index contributed by atoms with van der Waals surface area (Å²) in [7, 11) is 4.03. The Bertz CT molecular complexity index is 905. The molecule has 0 radical (unpaired) electrons. The van der Waals surface area contributed by atoms with Crippen molar-refractivity contribution in [2.75, 3.05) is 20.7 Å². The fourth-order valence-electron chi connectivity index (χ4n) is 7.55. The van der Waals surface area contributed by atoms with Crippen LogP contribution in [0.1, 0.15) is 43.7 Å². The van der Waals surface area contributed by atoms with E-state index in [1.54, 1.807) is 14.0 Å². The first-order chi connectivity index (χ1) is 13.6. The maximum absolute atomic E-state index is 12.5. The third-order valence-corrected chi connectivity index (χ3v) is 8.70. The molecular formula is C24H29NO3. The molecule has 0 amide bonds. The van der Waals surface area contributed by atoms with Crippen molar-refractivity contribution < 1.29 is 14.3 Å². The molecule has 1 spiro atoms. The number of hydrogen-bond acceptors (Lipinski definition) is 4. The topological polar surface area (TPSA) is 38.8 Å². The minimum Gasteiger partial charge on any atom is -0.493 e. The second kappa shape index (κ2) is 5.63. The first kappa shape index (κ1) is 17.1. The highest BCUT2D eigenvalue weighted by Crippen LogP contribution is 2.66. The molecule has 1 aromatic rings. The zero-order valence-corrected chi connectivity index (χ0v) is 17.0. The van der Waals surface area contributed by atoms with Crippen LogP contribution in [-0.2, 0) is 16.6 Å². The number of fused-ring (bicyclic) bond motifs is 2. The second-order valence-corrected chi connectivity index (χ2v) is 9.62. The van der Waals surface area contributed by atoms with Gasteiger partial charge in [0.1, 0.15) is 11.9 Å². The summed E-state index contributed by atoms with van der Waals surface area (Å²) >= 11 is 0. The molecule has 2 heterocycles. The van der Waals surface area contributed by atoms with Crippen LogP contribution in [0.15, 0.2) is 23.8 Å². The molecular weight excluding hydrogens is 350 g/mol. The van der Waals surface area contributed by atoms with E-state index < -0.39 is 0 Å². The first-order valence-corrected chi connectivity index (χ1v) is 10.8. The van der Waals surface area contributed by atoms with Gasteiger partial charge < -0.3 is 14.4 Å².